The zero-order valence-corrected chi connectivity index (χ0v) is 16.9. The van der Waals surface area contributed by atoms with Crippen LogP contribution in [0, 0.1) is 6.92 Å². The van der Waals surface area contributed by atoms with E-state index in [1.807, 2.05) is 25.1 Å². The number of hydrogen-bond acceptors (Lipinski definition) is 5. The van der Waals surface area contributed by atoms with E-state index in [1.54, 1.807) is 18.2 Å². The van der Waals surface area contributed by atoms with Crippen molar-refractivity contribution in [3.8, 4) is 0 Å². The van der Waals surface area contributed by atoms with Gasteiger partial charge >= 0.3 is 0 Å². The van der Waals surface area contributed by atoms with Gasteiger partial charge in [0.2, 0.25) is 0 Å². The van der Waals surface area contributed by atoms with E-state index in [-0.39, 0.29) is 17.0 Å². The first kappa shape index (κ1) is 18.8. The van der Waals surface area contributed by atoms with Crippen molar-refractivity contribution in [3.05, 3.63) is 77.1 Å². The van der Waals surface area contributed by atoms with Crippen LogP contribution < -0.4 is 0 Å². The molecule has 0 atom stereocenters. The summed E-state index contributed by atoms with van der Waals surface area (Å²) in [6, 6.07) is 16.4. The van der Waals surface area contributed by atoms with Gasteiger partial charge in [0.1, 0.15) is 4.90 Å². The number of carbonyl (C=O) groups excluding carboxylic acids is 1. The number of aromatic amines is 1. The van der Waals surface area contributed by atoms with Gasteiger partial charge < -0.3 is 4.98 Å². The summed E-state index contributed by atoms with van der Waals surface area (Å²) in [6.45, 7) is 2.08. The van der Waals surface area contributed by atoms with Crippen LogP contribution in [0.4, 0.5) is 0 Å². The van der Waals surface area contributed by atoms with Crippen molar-refractivity contribution >= 4 is 27.7 Å². The molecule has 0 aliphatic carbocycles. The number of rotatable bonds is 6. The van der Waals surface area contributed by atoms with Crippen molar-refractivity contribution in [2.75, 3.05) is 12.3 Å². The predicted octanol–water partition coefficient (Wildman–Crippen LogP) is 3.25. The number of carbonyl (C=O) groups is 1. The summed E-state index contributed by atoms with van der Waals surface area (Å²) >= 11 is 1.41. The third-order valence-electron chi connectivity index (χ3n) is 4.62. The standard InChI is InChI=1S/C20H19N3O3S2/c1-14-17(13-15-7-3-2-4-8-15)22-20(21-14)27-12-11-23-19(24)16-9-5-6-10-18(16)28(23,25)26/h2-10H,11-13H2,1H3,(H,21,22). The average molecular weight is 414 g/mol. The Labute approximate surface area is 168 Å². The van der Waals surface area contributed by atoms with Crippen LogP contribution >= 0.6 is 11.8 Å². The lowest BCUT2D eigenvalue weighted by molar-refractivity contribution is 0.0876. The van der Waals surface area contributed by atoms with Gasteiger partial charge in [-0.1, -0.05) is 54.2 Å². The van der Waals surface area contributed by atoms with E-state index in [9.17, 15) is 13.2 Å². The second-order valence-corrected chi connectivity index (χ2v) is 9.42. The maximum Gasteiger partial charge on any atom is 0.269 e. The second-order valence-electron chi connectivity index (χ2n) is 6.50. The van der Waals surface area contributed by atoms with E-state index in [0.29, 0.717) is 5.75 Å². The van der Waals surface area contributed by atoms with Gasteiger partial charge in [0.15, 0.2) is 5.16 Å². The van der Waals surface area contributed by atoms with Crippen LogP contribution in [-0.2, 0) is 16.4 Å². The van der Waals surface area contributed by atoms with Crippen LogP contribution in [0.25, 0.3) is 0 Å². The molecule has 0 bridgehead atoms. The minimum absolute atomic E-state index is 0.0870. The van der Waals surface area contributed by atoms with Gasteiger partial charge in [-0.15, -0.1) is 0 Å². The monoisotopic (exact) mass is 413 g/mol. The smallest absolute Gasteiger partial charge is 0.269 e. The molecule has 1 aliphatic rings. The number of H-pyrrole nitrogens is 1. The summed E-state index contributed by atoms with van der Waals surface area (Å²) in [5.74, 6) is -0.0342. The highest BCUT2D eigenvalue weighted by Crippen LogP contribution is 2.30. The number of fused-ring (bicyclic) bond motifs is 1. The Balaban J connectivity index is 1.41. The van der Waals surface area contributed by atoms with Crippen molar-refractivity contribution in [2.24, 2.45) is 0 Å². The largest absolute Gasteiger partial charge is 0.337 e. The minimum atomic E-state index is -3.75. The zero-order valence-electron chi connectivity index (χ0n) is 15.3. The lowest BCUT2D eigenvalue weighted by Gasteiger charge is -2.14. The molecule has 1 amide bonds. The molecule has 2 aromatic carbocycles. The Hall–Kier alpha value is -2.58. The van der Waals surface area contributed by atoms with Crippen LogP contribution in [0.3, 0.4) is 0 Å². The van der Waals surface area contributed by atoms with Crippen LogP contribution in [-0.4, -0.2) is 40.9 Å². The molecule has 28 heavy (non-hydrogen) atoms. The Morgan fingerprint density at radius 1 is 1.07 bits per heavy atom. The van der Waals surface area contributed by atoms with E-state index in [0.717, 1.165) is 27.3 Å². The first-order valence-corrected chi connectivity index (χ1v) is 11.3. The molecule has 0 fully saturated rings. The van der Waals surface area contributed by atoms with E-state index in [1.165, 1.54) is 23.4 Å². The Morgan fingerprint density at radius 3 is 2.54 bits per heavy atom. The van der Waals surface area contributed by atoms with Gasteiger partial charge in [-0.05, 0) is 24.6 Å². The average Bonchev–Trinajstić information content (AvgIpc) is 3.13. The maximum atomic E-state index is 12.6. The van der Waals surface area contributed by atoms with Crippen molar-refractivity contribution in [2.45, 2.75) is 23.4 Å². The topological polar surface area (TPSA) is 83.1 Å². The molecule has 3 aromatic rings. The van der Waals surface area contributed by atoms with E-state index < -0.39 is 15.9 Å². The highest BCUT2D eigenvalue weighted by atomic mass is 32.2. The number of imidazole rings is 1. The van der Waals surface area contributed by atoms with Gasteiger partial charge in [0, 0.05) is 24.4 Å². The Bertz CT molecular complexity index is 1120. The van der Waals surface area contributed by atoms with Gasteiger partial charge in [0.05, 0.1) is 11.3 Å². The lowest BCUT2D eigenvalue weighted by atomic mass is 10.1. The molecule has 1 N–H and O–H groups in total. The summed E-state index contributed by atoms with van der Waals surface area (Å²) in [4.78, 5) is 20.4. The van der Waals surface area contributed by atoms with Crippen molar-refractivity contribution < 1.29 is 13.2 Å². The fraction of sp³-hybridized carbons (Fsp3) is 0.200. The number of thioether (sulfide) groups is 1. The highest BCUT2D eigenvalue weighted by molar-refractivity contribution is 7.99. The summed E-state index contributed by atoms with van der Waals surface area (Å²) in [5, 5.41) is 0.727. The Morgan fingerprint density at radius 2 is 1.79 bits per heavy atom. The normalized spacial score (nSPS) is 15.0. The van der Waals surface area contributed by atoms with Crippen LogP contribution in [0.5, 0.6) is 0 Å². The summed E-state index contributed by atoms with van der Waals surface area (Å²) < 4.78 is 26.1. The molecule has 144 valence electrons. The molecule has 0 unspecified atom stereocenters. The van der Waals surface area contributed by atoms with Gasteiger partial charge in [0.25, 0.3) is 15.9 Å². The fourth-order valence-electron chi connectivity index (χ4n) is 3.17. The van der Waals surface area contributed by atoms with Crippen molar-refractivity contribution in [1.29, 1.82) is 0 Å². The number of amides is 1. The third-order valence-corrected chi connectivity index (χ3v) is 7.32. The number of sulfonamides is 1. The predicted molar refractivity (Wildman–Crippen MR) is 108 cm³/mol. The molecule has 0 saturated heterocycles. The molecule has 4 rings (SSSR count). The lowest BCUT2D eigenvalue weighted by Crippen LogP contribution is -2.32. The van der Waals surface area contributed by atoms with E-state index >= 15 is 0 Å². The van der Waals surface area contributed by atoms with Gasteiger partial charge in [-0.2, -0.15) is 0 Å². The Kier molecular flexibility index (Phi) is 4.99. The molecule has 1 aliphatic heterocycles. The number of aryl methyl sites for hydroxylation is 1. The summed E-state index contributed by atoms with van der Waals surface area (Å²) in [5.41, 5.74) is 3.38. The minimum Gasteiger partial charge on any atom is -0.337 e. The molecule has 0 spiro atoms. The van der Waals surface area contributed by atoms with Crippen LogP contribution in [0.1, 0.15) is 27.3 Å². The van der Waals surface area contributed by atoms with Crippen LogP contribution in [0.15, 0.2) is 64.6 Å². The number of benzene rings is 2. The number of aromatic nitrogens is 2. The first-order chi connectivity index (χ1) is 13.5. The number of hydrogen-bond donors (Lipinski definition) is 1. The van der Waals surface area contributed by atoms with Crippen molar-refractivity contribution in [3.63, 3.8) is 0 Å². The fourth-order valence-corrected chi connectivity index (χ4v) is 5.73. The van der Waals surface area contributed by atoms with Gasteiger partial charge in [-0.3, -0.25) is 4.79 Å². The molecule has 2 heterocycles. The SMILES string of the molecule is Cc1[nH]c(SCCN2C(=O)c3ccccc3S2(=O)=O)nc1Cc1ccccc1. The molecule has 8 heteroatoms. The van der Waals surface area contributed by atoms with E-state index in [2.05, 4.69) is 22.1 Å². The molecule has 1 aromatic heterocycles. The van der Waals surface area contributed by atoms with E-state index in [4.69, 9.17) is 0 Å². The zero-order chi connectivity index (χ0) is 19.7. The summed E-state index contributed by atoms with van der Waals surface area (Å²) in [6.07, 6.45) is 0.734. The number of nitrogens with one attached hydrogen (secondary N) is 1. The van der Waals surface area contributed by atoms with Crippen molar-refractivity contribution in [1.82, 2.24) is 14.3 Å². The summed E-state index contributed by atoms with van der Waals surface area (Å²) in [7, 11) is -3.75. The highest BCUT2D eigenvalue weighted by Gasteiger charge is 2.40. The third kappa shape index (κ3) is 3.45. The molecule has 0 saturated carbocycles. The molecular formula is C20H19N3O3S2. The van der Waals surface area contributed by atoms with Gasteiger partial charge in [-0.25, -0.2) is 17.7 Å². The molecular weight excluding hydrogens is 394 g/mol. The maximum absolute atomic E-state index is 12.6. The quantitative estimate of drug-likeness (QED) is 0.627. The second kappa shape index (κ2) is 7.44. The first-order valence-electron chi connectivity index (χ1n) is 8.85. The number of nitrogens with zero attached hydrogens (tertiary/aromatic N) is 2. The molecule has 6 nitrogen and oxygen atoms in total. The molecule has 0 radical (unpaired) electrons. The van der Waals surface area contributed by atoms with Crippen LogP contribution in [0.2, 0.25) is 0 Å².